The summed E-state index contributed by atoms with van der Waals surface area (Å²) in [5.41, 5.74) is -0.720. The van der Waals surface area contributed by atoms with Crippen LogP contribution in [0.5, 0.6) is 5.88 Å². The average Bonchev–Trinajstić information content (AvgIpc) is 2.79. The molecule has 1 aromatic carbocycles. The van der Waals surface area contributed by atoms with Crippen LogP contribution in [0.25, 0.3) is 11.4 Å². The van der Waals surface area contributed by atoms with Gasteiger partial charge in [-0.15, -0.1) is 0 Å². The summed E-state index contributed by atoms with van der Waals surface area (Å²) in [5.74, 6) is -0.865. The standard InChI is InChI=1S/C22H18F4N4O2/c23-17-6-1-5-16(19(17)20-27-9-3-10-28-20)21(31)30-11-2-4-15(13-30)32-18-8-7-14(12-29-18)22(24,25)26/h1,3,5-10,12,15H,2,4,11,13H2. The Bertz CT molecular complexity index is 1090. The van der Waals surface area contributed by atoms with E-state index in [0.717, 1.165) is 12.1 Å². The molecule has 1 fully saturated rings. The van der Waals surface area contributed by atoms with E-state index < -0.39 is 29.6 Å². The molecule has 3 heterocycles. The topological polar surface area (TPSA) is 68.2 Å². The SMILES string of the molecule is O=C(c1cccc(F)c1-c1ncccn1)N1CCCC(Oc2ccc(C(F)(F)F)cn2)C1. The monoisotopic (exact) mass is 446 g/mol. The molecule has 1 unspecified atom stereocenters. The van der Waals surface area contributed by atoms with Crippen LogP contribution in [0, 0.1) is 5.82 Å². The molecule has 0 spiro atoms. The highest BCUT2D eigenvalue weighted by Crippen LogP contribution is 2.30. The third kappa shape index (κ3) is 4.68. The first-order valence-corrected chi connectivity index (χ1v) is 9.88. The number of aromatic nitrogens is 3. The largest absolute Gasteiger partial charge is 0.472 e. The number of hydrogen-bond donors (Lipinski definition) is 0. The summed E-state index contributed by atoms with van der Waals surface area (Å²) in [4.78, 5) is 26.6. The number of carbonyl (C=O) groups is 1. The van der Waals surface area contributed by atoms with Gasteiger partial charge in [0, 0.05) is 31.2 Å². The lowest BCUT2D eigenvalue weighted by molar-refractivity contribution is -0.137. The zero-order valence-electron chi connectivity index (χ0n) is 16.7. The van der Waals surface area contributed by atoms with Crippen LogP contribution in [0.1, 0.15) is 28.8 Å². The molecule has 0 aliphatic carbocycles. The van der Waals surface area contributed by atoms with E-state index >= 15 is 0 Å². The number of alkyl halides is 3. The van der Waals surface area contributed by atoms with Gasteiger partial charge in [-0.05, 0) is 37.1 Å². The van der Waals surface area contributed by atoms with Crippen molar-refractivity contribution in [2.75, 3.05) is 13.1 Å². The molecule has 3 aromatic rings. The molecule has 4 rings (SSSR count). The number of piperidine rings is 1. The van der Waals surface area contributed by atoms with Crippen molar-refractivity contribution in [1.82, 2.24) is 19.9 Å². The Kier molecular flexibility index (Phi) is 6.02. The van der Waals surface area contributed by atoms with Gasteiger partial charge in [-0.2, -0.15) is 13.2 Å². The van der Waals surface area contributed by atoms with E-state index in [-0.39, 0.29) is 29.4 Å². The highest BCUT2D eigenvalue weighted by atomic mass is 19.4. The third-order valence-corrected chi connectivity index (χ3v) is 5.05. The Morgan fingerprint density at radius 3 is 2.53 bits per heavy atom. The van der Waals surface area contributed by atoms with Crippen LogP contribution in [0.15, 0.2) is 55.0 Å². The van der Waals surface area contributed by atoms with Crippen molar-refractivity contribution in [3.63, 3.8) is 0 Å². The Morgan fingerprint density at radius 1 is 1.06 bits per heavy atom. The number of likely N-dealkylation sites (tertiary alicyclic amines) is 1. The normalized spacial score (nSPS) is 16.6. The van der Waals surface area contributed by atoms with Crippen molar-refractivity contribution in [2.24, 2.45) is 0 Å². The minimum Gasteiger partial charge on any atom is -0.472 e. The number of halogens is 4. The Morgan fingerprint density at radius 2 is 1.84 bits per heavy atom. The minimum atomic E-state index is -4.48. The minimum absolute atomic E-state index is 0.0190. The molecule has 1 saturated heterocycles. The lowest BCUT2D eigenvalue weighted by atomic mass is 10.0. The highest BCUT2D eigenvalue weighted by Gasteiger charge is 2.32. The van der Waals surface area contributed by atoms with Crippen molar-refractivity contribution in [3.8, 4) is 17.3 Å². The number of hydrogen-bond acceptors (Lipinski definition) is 5. The van der Waals surface area contributed by atoms with Crippen LogP contribution in [0.4, 0.5) is 17.6 Å². The molecule has 10 heteroatoms. The lowest BCUT2D eigenvalue weighted by Gasteiger charge is -2.33. The number of rotatable bonds is 4. The van der Waals surface area contributed by atoms with Crippen molar-refractivity contribution < 1.29 is 27.1 Å². The van der Waals surface area contributed by atoms with Crippen LogP contribution >= 0.6 is 0 Å². The van der Waals surface area contributed by atoms with Gasteiger partial charge in [-0.25, -0.2) is 19.3 Å². The molecule has 32 heavy (non-hydrogen) atoms. The fraction of sp³-hybridized carbons (Fsp3) is 0.273. The molecule has 0 bridgehead atoms. The molecule has 0 radical (unpaired) electrons. The number of nitrogens with zero attached hydrogens (tertiary/aromatic N) is 4. The third-order valence-electron chi connectivity index (χ3n) is 5.05. The number of amides is 1. The molecular weight excluding hydrogens is 428 g/mol. The van der Waals surface area contributed by atoms with E-state index in [4.69, 9.17) is 4.74 Å². The molecule has 1 aliphatic heterocycles. The second-order valence-electron chi connectivity index (χ2n) is 7.25. The van der Waals surface area contributed by atoms with E-state index in [0.29, 0.717) is 25.6 Å². The van der Waals surface area contributed by atoms with Crippen molar-refractivity contribution in [2.45, 2.75) is 25.1 Å². The Labute approximate surface area is 180 Å². The van der Waals surface area contributed by atoms with E-state index in [9.17, 15) is 22.4 Å². The van der Waals surface area contributed by atoms with Crippen LogP contribution in [-0.2, 0) is 6.18 Å². The molecule has 166 valence electrons. The summed E-state index contributed by atoms with van der Waals surface area (Å²) in [6.45, 7) is 0.623. The van der Waals surface area contributed by atoms with E-state index in [1.54, 1.807) is 6.07 Å². The maximum atomic E-state index is 14.6. The van der Waals surface area contributed by atoms with Gasteiger partial charge >= 0.3 is 6.18 Å². The van der Waals surface area contributed by atoms with E-state index in [2.05, 4.69) is 15.0 Å². The number of benzene rings is 1. The van der Waals surface area contributed by atoms with Gasteiger partial charge in [0.1, 0.15) is 11.9 Å². The quantitative estimate of drug-likeness (QED) is 0.557. The summed E-state index contributed by atoms with van der Waals surface area (Å²) in [6, 6.07) is 7.83. The van der Waals surface area contributed by atoms with E-state index in [1.165, 1.54) is 35.5 Å². The fourth-order valence-corrected chi connectivity index (χ4v) is 3.54. The van der Waals surface area contributed by atoms with Crippen LogP contribution in [0.2, 0.25) is 0 Å². The predicted octanol–water partition coefficient (Wildman–Crippen LogP) is 4.38. The second-order valence-corrected chi connectivity index (χ2v) is 7.25. The van der Waals surface area contributed by atoms with E-state index in [1.807, 2.05) is 0 Å². The summed E-state index contributed by atoms with van der Waals surface area (Å²) < 4.78 is 58.4. The molecule has 2 aromatic heterocycles. The van der Waals surface area contributed by atoms with Crippen LogP contribution in [-0.4, -0.2) is 45.0 Å². The smallest absolute Gasteiger partial charge is 0.417 e. The first kappa shape index (κ1) is 21.7. The summed E-state index contributed by atoms with van der Waals surface area (Å²) in [7, 11) is 0. The highest BCUT2D eigenvalue weighted by molar-refractivity contribution is 6.00. The molecule has 1 amide bonds. The van der Waals surface area contributed by atoms with Gasteiger partial charge in [0.05, 0.1) is 23.2 Å². The second kappa shape index (κ2) is 8.89. The number of pyridine rings is 1. The average molecular weight is 446 g/mol. The first-order chi connectivity index (χ1) is 15.3. The van der Waals surface area contributed by atoms with Crippen LogP contribution in [0.3, 0.4) is 0 Å². The van der Waals surface area contributed by atoms with Gasteiger partial charge in [-0.3, -0.25) is 4.79 Å². The summed E-state index contributed by atoms with van der Waals surface area (Å²) >= 11 is 0. The van der Waals surface area contributed by atoms with Crippen molar-refractivity contribution in [1.29, 1.82) is 0 Å². The molecular formula is C22H18F4N4O2. The van der Waals surface area contributed by atoms with Gasteiger partial charge in [0.15, 0.2) is 5.82 Å². The van der Waals surface area contributed by atoms with Gasteiger partial charge in [0.25, 0.3) is 5.91 Å². The van der Waals surface area contributed by atoms with Crippen molar-refractivity contribution in [3.05, 3.63) is 71.9 Å². The lowest BCUT2D eigenvalue weighted by Crippen LogP contribution is -2.44. The van der Waals surface area contributed by atoms with Gasteiger partial charge < -0.3 is 9.64 Å². The predicted molar refractivity (Wildman–Crippen MR) is 106 cm³/mol. The maximum absolute atomic E-state index is 14.6. The summed E-state index contributed by atoms with van der Waals surface area (Å²) in [5, 5.41) is 0. The Balaban J connectivity index is 1.51. The van der Waals surface area contributed by atoms with Gasteiger partial charge in [-0.1, -0.05) is 6.07 Å². The number of carbonyl (C=O) groups excluding carboxylic acids is 1. The number of ether oxygens (including phenoxy) is 1. The fourth-order valence-electron chi connectivity index (χ4n) is 3.54. The van der Waals surface area contributed by atoms with Crippen molar-refractivity contribution >= 4 is 5.91 Å². The Hall–Kier alpha value is -3.56. The summed E-state index contributed by atoms with van der Waals surface area (Å²) in [6.07, 6.45) is -0.0873. The first-order valence-electron chi connectivity index (χ1n) is 9.88. The van der Waals surface area contributed by atoms with Crippen LogP contribution < -0.4 is 4.74 Å². The molecule has 1 aliphatic rings. The zero-order chi connectivity index (χ0) is 22.7. The molecule has 0 N–H and O–H groups in total. The zero-order valence-corrected chi connectivity index (χ0v) is 16.7. The maximum Gasteiger partial charge on any atom is 0.417 e. The molecule has 6 nitrogen and oxygen atoms in total. The molecule has 0 saturated carbocycles. The molecule has 1 atom stereocenters. The van der Waals surface area contributed by atoms with Gasteiger partial charge in [0.2, 0.25) is 5.88 Å².